The van der Waals surface area contributed by atoms with Crippen LogP contribution >= 0.6 is 0 Å². The molecule has 0 aliphatic rings. The Kier molecular flexibility index (Phi) is 6.24. The second-order valence-electron chi connectivity index (χ2n) is 3.98. The van der Waals surface area contributed by atoms with Crippen molar-refractivity contribution in [3.8, 4) is 12.3 Å². The van der Waals surface area contributed by atoms with Crippen LogP contribution in [-0.4, -0.2) is 25.2 Å². The molecule has 90 valence electrons. The number of carbonyl (C=O) groups excluding carboxylic acids is 2. The van der Waals surface area contributed by atoms with Gasteiger partial charge < -0.3 is 9.47 Å². The third-order valence-corrected chi connectivity index (χ3v) is 1.97. The van der Waals surface area contributed by atoms with Crippen LogP contribution in [0.2, 0.25) is 0 Å². The second kappa shape index (κ2) is 6.89. The molecule has 4 nitrogen and oxygen atoms in total. The fourth-order valence-electron chi connectivity index (χ4n) is 0.873. The van der Waals surface area contributed by atoms with Crippen molar-refractivity contribution in [2.45, 2.75) is 33.6 Å². The highest BCUT2D eigenvalue weighted by Gasteiger charge is 2.16. The average Bonchev–Trinajstić information content (AvgIpc) is 2.17. The van der Waals surface area contributed by atoms with Crippen LogP contribution in [0.4, 0.5) is 0 Å². The van der Waals surface area contributed by atoms with E-state index < -0.39 is 11.9 Å². The van der Waals surface area contributed by atoms with Crippen molar-refractivity contribution in [1.82, 2.24) is 0 Å². The van der Waals surface area contributed by atoms with Crippen LogP contribution in [0.25, 0.3) is 0 Å². The molecule has 0 rings (SSSR count). The fourth-order valence-corrected chi connectivity index (χ4v) is 0.873. The molecule has 0 aliphatic heterocycles. The molecule has 0 fully saturated rings. The van der Waals surface area contributed by atoms with Crippen molar-refractivity contribution in [3.63, 3.8) is 0 Å². The Morgan fingerprint density at radius 3 is 2.31 bits per heavy atom. The maximum absolute atomic E-state index is 11.1. The first-order valence-electron chi connectivity index (χ1n) is 5.20. The molecule has 0 amide bonds. The Morgan fingerprint density at radius 1 is 1.25 bits per heavy atom. The van der Waals surface area contributed by atoms with Crippen LogP contribution in [0.15, 0.2) is 0 Å². The summed E-state index contributed by atoms with van der Waals surface area (Å²) in [7, 11) is 0. The van der Waals surface area contributed by atoms with Gasteiger partial charge in [0.15, 0.2) is 0 Å². The minimum atomic E-state index is -0.578. The summed E-state index contributed by atoms with van der Waals surface area (Å²) in [5.41, 5.74) is -0.301. The monoisotopic (exact) mass is 226 g/mol. The molecular formula is C12H18O4. The summed E-state index contributed by atoms with van der Waals surface area (Å²) in [5, 5.41) is 0. The third-order valence-electron chi connectivity index (χ3n) is 1.97. The topological polar surface area (TPSA) is 52.6 Å². The Morgan fingerprint density at radius 2 is 1.81 bits per heavy atom. The van der Waals surface area contributed by atoms with E-state index in [-0.39, 0.29) is 25.0 Å². The van der Waals surface area contributed by atoms with Gasteiger partial charge in [0.05, 0.1) is 13.2 Å². The second-order valence-corrected chi connectivity index (χ2v) is 3.98. The number of terminal acetylenes is 1. The lowest BCUT2D eigenvalue weighted by atomic mass is 9.91. The number of esters is 2. The Labute approximate surface area is 96.3 Å². The molecule has 0 aromatic heterocycles. The van der Waals surface area contributed by atoms with Crippen molar-refractivity contribution in [2.75, 3.05) is 13.2 Å². The van der Waals surface area contributed by atoms with Crippen molar-refractivity contribution in [3.05, 3.63) is 0 Å². The van der Waals surface area contributed by atoms with E-state index in [1.54, 1.807) is 6.92 Å². The highest BCUT2D eigenvalue weighted by Crippen LogP contribution is 2.18. The van der Waals surface area contributed by atoms with Gasteiger partial charge in [0, 0.05) is 5.41 Å². The van der Waals surface area contributed by atoms with Crippen molar-refractivity contribution >= 4 is 11.9 Å². The van der Waals surface area contributed by atoms with Gasteiger partial charge >= 0.3 is 11.9 Å². The van der Waals surface area contributed by atoms with Crippen LogP contribution in [0.1, 0.15) is 33.6 Å². The summed E-state index contributed by atoms with van der Waals surface area (Å²) in [6.07, 6.45) is 5.50. The molecule has 0 aliphatic carbocycles. The van der Waals surface area contributed by atoms with Crippen LogP contribution < -0.4 is 0 Å². The predicted octanol–water partition coefficient (Wildman–Crippen LogP) is 1.53. The summed E-state index contributed by atoms with van der Waals surface area (Å²) in [6.45, 7) is 5.92. The first-order valence-corrected chi connectivity index (χ1v) is 5.20. The van der Waals surface area contributed by atoms with Gasteiger partial charge in [-0.2, -0.15) is 0 Å². The number of carbonyl (C=O) groups is 2. The summed E-state index contributed by atoms with van der Waals surface area (Å²) < 4.78 is 9.47. The molecule has 0 aromatic carbocycles. The Bertz CT molecular complexity index is 286. The van der Waals surface area contributed by atoms with Crippen LogP contribution in [0.5, 0.6) is 0 Å². The highest BCUT2D eigenvalue weighted by atomic mass is 16.6. The molecule has 0 spiro atoms. The highest BCUT2D eigenvalue weighted by molar-refractivity contribution is 5.91. The standard InChI is InChI=1S/C12H18O4/c1-5-12(3,4)7-8-16-11(14)9-10(13)15-6-2/h1H,6-9H2,2-4H3. The van der Waals surface area contributed by atoms with E-state index in [9.17, 15) is 9.59 Å². The molecule has 0 aromatic rings. The maximum Gasteiger partial charge on any atom is 0.317 e. The van der Waals surface area contributed by atoms with Gasteiger partial charge in [-0.05, 0) is 27.2 Å². The third kappa shape index (κ3) is 6.88. The van der Waals surface area contributed by atoms with Gasteiger partial charge in [-0.1, -0.05) is 0 Å². The van der Waals surface area contributed by atoms with Gasteiger partial charge in [-0.25, -0.2) is 0 Å². The molecule has 4 heteroatoms. The molecule has 0 saturated heterocycles. The Hall–Kier alpha value is -1.50. The zero-order chi connectivity index (χ0) is 12.6. The predicted molar refractivity (Wildman–Crippen MR) is 59.4 cm³/mol. The summed E-state index contributed by atoms with van der Waals surface area (Å²) >= 11 is 0. The number of hydrogen-bond donors (Lipinski definition) is 0. The van der Waals surface area contributed by atoms with Gasteiger partial charge in [-0.15, -0.1) is 12.3 Å². The van der Waals surface area contributed by atoms with Crippen molar-refractivity contribution in [2.24, 2.45) is 5.41 Å². The van der Waals surface area contributed by atoms with Crippen molar-refractivity contribution in [1.29, 1.82) is 0 Å². The van der Waals surface area contributed by atoms with Crippen LogP contribution in [0, 0.1) is 17.8 Å². The van der Waals surface area contributed by atoms with E-state index in [4.69, 9.17) is 11.2 Å². The first kappa shape index (κ1) is 14.5. The molecule has 0 atom stereocenters. The summed E-state index contributed by atoms with van der Waals surface area (Å²) in [6, 6.07) is 0. The van der Waals surface area contributed by atoms with Crippen LogP contribution in [-0.2, 0) is 19.1 Å². The van der Waals surface area contributed by atoms with Gasteiger partial charge in [-0.3, -0.25) is 9.59 Å². The average molecular weight is 226 g/mol. The number of rotatable bonds is 6. The lowest BCUT2D eigenvalue weighted by Gasteiger charge is -2.16. The van der Waals surface area contributed by atoms with E-state index in [0.717, 1.165) is 0 Å². The van der Waals surface area contributed by atoms with E-state index in [0.29, 0.717) is 6.42 Å². The molecule has 0 N–H and O–H groups in total. The van der Waals surface area contributed by atoms with Gasteiger partial charge in [0.1, 0.15) is 6.42 Å². The summed E-state index contributed by atoms with van der Waals surface area (Å²) in [5.74, 6) is 1.45. The normalized spacial score (nSPS) is 10.4. The smallest absolute Gasteiger partial charge is 0.317 e. The summed E-state index contributed by atoms with van der Waals surface area (Å²) in [4.78, 5) is 22.0. The molecule has 0 radical (unpaired) electrons. The van der Waals surface area contributed by atoms with E-state index >= 15 is 0 Å². The molecular weight excluding hydrogens is 208 g/mol. The largest absolute Gasteiger partial charge is 0.466 e. The molecule has 0 unspecified atom stereocenters. The molecule has 0 heterocycles. The van der Waals surface area contributed by atoms with E-state index in [1.807, 2.05) is 13.8 Å². The first-order chi connectivity index (χ1) is 7.41. The lowest BCUT2D eigenvalue weighted by Crippen LogP contribution is -2.17. The lowest BCUT2D eigenvalue weighted by molar-refractivity contribution is -0.154. The SMILES string of the molecule is C#CC(C)(C)CCOC(=O)CC(=O)OCC. The van der Waals surface area contributed by atoms with E-state index in [2.05, 4.69) is 10.7 Å². The minimum absolute atomic E-state index is 0.218. The number of hydrogen-bond acceptors (Lipinski definition) is 4. The van der Waals surface area contributed by atoms with Gasteiger partial charge in [0.25, 0.3) is 0 Å². The fraction of sp³-hybridized carbons (Fsp3) is 0.667. The Balaban J connectivity index is 3.75. The van der Waals surface area contributed by atoms with Crippen molar-refractivity contribution < 1.29 is 19.1 Å². The number of ether oxygens (including phenoxy) is 2. The minimum Gasteiger partial charge on any atom is -0.466 e. The maximum atomic E-state index is 11.1. The van der Waals surface area contributed by atoms with Crippen LogP contribution in [0.3, 0.4) is 0 Å². The zero-order valence-corrected chi connectivity index (χ0v) is 10.0. The van der Waals surface area contributed by atoms with E-state index in [1.165, 1.54) is 0 Å². The van der Waals surface area contributed by atoms with Gasteiger partial charge in [0.2, 0.25) is 0 Å². The zero-order valence-electron chi connectivity index (χ0n) is 10.0. The molecule has 0 bridgehead atoms. The quantitative estimate of drug-likeness (QED) is 0.391. The molecule has 0 saturated carbocycles. The molecule has 16 heavy (non-hydrogen) atoms.